The summed E-state index contributed by atoms with van der Waals surface area (Å²) in [5.74, 6) is 0.0143. The average Bonchev–Trinajstić information content (AvgIpc) is 2.83. The summed E-state index contributed by atoms with van der Waals surface area (Å²) in [6.07, 6.45) is 3.31. The van der Waals surface area contributed by atoms with Crippen LogP contribution in [0.15, 0.2) is 16.9 Å². The lowest BCUT2D eigenvalue weighted by atomic mass is 10.1. The summed E-state index contributed by atoms with van der Waals surface area (Å²) in [4.78, 5) is 11.6. The number of ether oxygens (including phenoxy) is 1. The van der Waals surface area contributed by atoms with Crippen molar-refractivity contribution in [3.05, 3.63) is 18.0 Å². The van der Waals surface area contributed by atoms with Gasteiger partial charge in [-0.2, -0.15) is 0 Å². The Labute approximate surface area is 99.7 Å². The normalized spacial score (nSPS) is 16.9. The van der Waals surface area contributed by atoms with E-state index in [0.29, 0.717) is 13.1 Å². The van der Waals surface area contributed by atoms with Crippen LogP contribution in [0.2, 0.25) is 0 Å². The Bertz CT molecular complexity index is 334. The Morgan fingerprint density at radius 1 is 1.47 bits per heavy atom. The third-order valence-electron chi connectivity index (χ3n) is 2.67. The molecule has 1 aliphatic heterocycles. The maximum absolute atomic E-state index is 11.6. The molecule has 1 aliphatic rings. The Kier molecular flexibility index (Phi) is 4.52. The quantitative estimate of drug-likeness (QED) is 0.760. The third-order valence-corrected chi connectivity index (χ3v) is 2.67. The molecule has 0 atom stereocenters. The summed E-state index contributed by atoms with van der Waals surface area (Å²) in [5.41, 5.74) is 0.795. The first-order valence-corrected chi connectivity index (χ1v) is 5.81. The molecule has 1 amide bonds. The van der Waals surface area contributed by atoms with E-state index in [1.807, 2.05) is 0 Å². The van der Waals surface area contributed by atoms with Gasteiger partial charge >= 0.3 is 0 Å². The van der Waals surface area contributed by atoms with Crippen LogP contribution in [0.25, 0.3) is 0 Å². The van der Waals surface area contributed by atoms with Gasteiger partial charge in [0.15, 0.2) is 0 Å². The van der Waals surface area contributed by atoms with Crippen LogP contribution in [0.1, 0.15) is 18.5 Å². The van der Waals surface area contributed by atoms with Crippen molar-refractivity contribution in [2.75, 3.05) is 19.8 Å². The van der Waals surface area contributed by atoms with Crippen LogP contribution in [0.5, 0.6) is 0 Å². The van der Waals surface area contributed by atoms with Crippen LogP contribution in [-0.4, -0.2) is 36.9 Å². The standard InChI is InChI=1S/C11H17N3O3/c15-11(13-9-1-4-16-5-2-9)8-12-7-10-3-6-17-14-10/h3,6,9,12H,1-2,4-5,7-8H2,(H,13,15). The molecule has 6 nitrogen and oxygen atoms in total. The molecule has 2 heterocycles. The maximum atomic E-state index is 11.6. The van der Waals surface area contributed by atoms with Gasteiger partial charge in [0, 0.05) is 31.9 Å². The summed E-state index contributed by atoms with van der Waals surface area (Å²) in [6, 6.07) is 2.02. The number of rotatable bonds is 5. The Balaban J connectivity index is 1.60. The summed E-state index contributed by atoms with van der Waals surface area (Å²) >= 11 is 0. The second kappa shape index (κ2) is 6.36. The number of carbonyl (C=O) groups is 1. The van der Waals surface area contributed by atoms with Gasteiger partial charge in [0.25, 0.3) is 0 Å². The molecule has 6 heteroatoms. The summed E-state index contributed by atoms with van der Waals surface area (Å²) < 4.78 is 9.91. The zero-order valence-electron chi connectivity index (χ0n) is 9.65. The minimum Gasteiger partial charge on any atom is -0.381 e. The zero-order chi connectivity index (χ0) is 11.9. The predicted octanol–water partition coefficient (Wildman–Crippen LogP) is 0.0594. The molecular weight excluding hydrogens is 222 g/mol. The second-order valence-corrected chi connectivity index (χ2v) is 4.05. The summed E-state index contributed by atoms with van der Waals surface area (Å²) in [6.45, 7) is 2.30. The number of nitrogens with zero attached hydrogens (tertiary/aromatic N) is 1. The molecule has 1 fully saturated rings. The second-order valence-electron chi connectivity index (χ2n) is 4.05. The Morgan fingerprint density at radius 3 is 3.00 bits per heavy atom. The summed E-state index contributed by atoms with van der Waals surface area (Å²) in [7, 11) is 0. The van der Waals surface area contributed by atoms with E-state index in [2.05, 4.69) is 20.3 Å². The van der Waals surface area contributed by atoms with Crippen molar-refractivity contribution in [3.8, 4) is 0 Å². The van der Waals surface area contributed by atoms with Crippen LogP contribution in [0.3, 0.4) is 0 Å². The first kappa shape index (κ1) is 12.1. The molecule has 0 bridgehead atoms. The van der Waals surface area contributed by atoms with Crippen LogP contribution in [-0.2, 0) is 16.1 Å². The SMILES string of the molecule is O=C(CNCc1ccon1)NC1CCOCC1. The molecule has 1 saturated heterocycles. The molecular formula is C11H17N3O3. The van der Waals surface area contributed by atoms with E-state index in [4.69, 9.17) is 4.74 Å². The average molecular weight is 239 g/mol. The number of carbonyl (C=O) groups excluding carboxylic acids is 1. The predicted molar refractivity (Wildman–Crippen MR) is 60.2 cm³/mol. The molecule has 0 spiro atoms. The van der Waals surface area contributed by atoms with Crippen molar-refractivity contribution in [3.63, 3.8) is 0 Å². The fraction of sp³-hybridized carbons (Fsp3) is 0.636. The number of hydrogen-bond donors (Lipinski definition) is 2. The van der Waals surface area contributed by atoms with Crippen molar-refractivity contribution < 1.29 is 14.1 Å². The van der Waals surface area contributed by atoms with Crippen molar-refractivity contribution in [2.24, 2.45) is 0 Å². The highest BCUT2D eigenvalue weighted by molar-refractivity contribution is 5.78. The van der Waals surface area contributed by atoms with Gasteiger partial charge in [0.05, 0.1) is 12.2 Å². The first-order valence-electron chi connectivity index (χ1n) is 5.81. The van der Waals surface area contributed by atoms with E-state index in [1.165, 1.54) is 6.26 Å². The fourth-order valence-corrected chi connectivity index (χ4v) is 1.75. The lowest BCUT2D eigenvalue weighted by Crippen LogP contribution is -2.42. The fourth-order valence-electron chi connectivity index (χ4n) is 1.75. The van der Waals surface area contributed by atoms with Gasteiger partial charge in [-0.25, -0.2) is 0 Å². The zero-order valence-corrected chi connectivity index (χ0v) is 9.65. The third kappa shape index (κ3) is 4.16. The van der Waals surface area contributed by atoms with Gasteiger partial charge in [-0.1, -0.05) is 5.16 Å². The van der Waals surface area contributed by atoms with Crippen molar-refractivity contribution in [2.45, 2.75) is 25.4 Å². The molecule has 1 aromatic rings. The van der Waals surface area contributed by atoms with Gasteiger partial charge in [0.2, 0.25) is 5.91 Å². The Hall–Kier alpha value is -1.40. The lowest BCUT2D eigenvalue weighted by Gasteiger charge is -2.23. The van der Waals surface area contributed by atoms with Crippen LogP contribution < -0.4 is 10.6 Å². The number of nitrogens with one attached hydrogen (secondary N) is 2. The van der Waals surface area contributed by atoms with E-state index >= 15 is 0 Å². The number of aromatic nitrogens is 1. The Morgan fingerprint density at radius 2 is 2.29 bits per heavy atom. The van der Waals surface area contributed by atoms with Crippen molar-refractivity contribution in [1.29, 1.82) is 0 Å². The number of amides is 1. The molecule has 0 unspecified atom stereocenters. The molecule has 0 aromatic carbocycles. The number of hydrogen-bond acceptors (Lipinski definition) is 5. The molecule has 0 radical (unpaired) electrons. The smallest absolute Gasteiger partial charge is 0.234 e. The van der Waals surface area contributed by atoms with Crippen LogP contribution in [0.4, 0.5) is 0 Å². The molecule has 94 valence electrons. The summed E-state index contributed by atoms with van der Waals surface area (Å²) in [5, 5.41) is 9.73. The van der Waals surface area contributed by atoms with Crippen LogP contribution in [0, 0.1) is 0 Å². The van der Waals surface area contributed by atoms with Gasteiger partial charge in [0.1, 0.15) is 6.26 Å². The van der Waals surface area contributed by atoms with Gasteiger partial charge in [-0.3, -0.25) is 4.79 Å². The largest absolute Gasteiger partial charge is 0.381 e. The van der Waals surface area contributed by atoms with Crippen molar-refractivity contribution >= 4 is 5.91 Å². The van der Waals surface area contributed by atoms with Gasteiger partial charge in [-0.15, -0.1) is 0 Å². The van der Waals surface area contributed by atoms with Crippen LogP contribution >= 0.6 is 0 Å². The molecule has 0 saturated carbocycles. The molecule has 0 aliphatic carbocycles. The van der Waals surface area contributed by atoms with E-state index < -0.39 is 0 Å². The highest BCUT2D eigenvalue weighted by atomic mass is 16.5. The monoisotopic (exact) mass is 239 g/mol. The van der Waals surface area contributed by atoms with E-state index in [0.717, 1.165) is 31.7 Å². The molecule has 1 aromatic heterocycles. The maximum Gasteiger partial charge on any atom is 0.234 e. The highest BCUT2D eigenvalue weighted by Crippen LogP contribution is 2.05. The highest BCUT2D eigenvalue weighted by Gasteiger charge is 2.15. The topological polar surface area (TPSA) is 76.4 Å². The van der Waals surface area contributed by atoms with E-state index in [-0.39, 0.29) is 11.9 Å². The first-order chi connectivity index (χ1) is 8.34. The minimum absolute atomic E-state index is 0.0143. The van der Waals surface area contributed by atoms with E-state index in [1.54, 1.807) is 6.07 Å². The van der Waals surface area contributed by atoms with Gasteiger partial charge in [-0.05, 0) is 12.8 Å². The molecule has 17 heavy (non-hydrogen) atoms. The molecule has 2 N–H and O–H groups in total. The molecule has 2 rings (SSSR count). The van der Waals surface area contributed by atoms with Crippen molar-refractivity contribution in [1.82, 2.24) is 15.8 Å². The minimum atomic E-state index is 0.0143. The lowest BCUT2D eigenvalue weighted by molar-refractivity contribution is -0.121. The van der Waals surface area contributed by atoms with E-state index in [9.17, 15) is 4.79 Å². The van der Waals surface area contributed by atoms with Gasteiger partial charge < -0.3 is 19.9 Å².